The molecular formula is C16H18NO2S. The van der Waals surface area contributed by atoms with Crippen molar-refractivity contribution in [1.29, 1.82) is 0 Å². The first kappa shape index (κ1) is 14.6. The molecule has 20 heavy (non-hydrogen) atoms. The molecule has 2 rings (SSSR count). The molecule has 0 heterocycles. The number of anilines is 1. The zero-order chi connectivity index (χ0) is 14.8. The molecule has 0 atom stereocenters. The molecule has 0 amide bonds. The van der Waals surface area contributed by atoms with E-state index in [1.807, 2.05) is 38.1 Å². The lowest BCUT2D eigenvalue weighted by Crippen LogP contribution is -2.08. The third-order valence-corrected chi connectivity index (χ3v) is 4.56. The molecular weight excluding hydrogens is 270 g/mol. The number of benzene rings is 2. The van der Waals surface area contributed by atoms with E-state index in [2.05, 4.69) is 0 Å². The van der Waals surface area contributed by atoms with Crippen LogP contribution in [0.5, 0.6) is 0 Å². The van der Waals surface area contributed by atoms with Gasteiger partial charge in [-0.2, -0.15) is 0 Å². The second-order valence-electron chi connectivity index (χ2n) is 4.96. The van der Waals surface area contributed by atoms with Gasteiger partial charge in [-0.05, 0) is 36.8 Å². The van der Waals surface area contributed by atoms with Gasteiger partial charge in [0.1, 0.15) is 5.75 Å². The Kier molecular flexibility index (Phi) is 4.14. The van der Waals surface area contributed by atoms with Crippen molar-refractivity contribution in [2.75, 3.05) is 19.0 Å². The minimum absolute atomic E-state index is 0.319. The van der Waals surface area contributed by atoms with Crippen LogP contribution in [-0.4, -0.2) is 22.5 Å². The minimum Gasteiger partial charge on any atom is -0.378 e. The van der Waals surface area contributed by atoms with Crippen molar-refractivity contribution in [3.05, 3.63) is 65.4 Å². The van der Waals surface area contributed by atoms with Crippen LogP contribution in [-0.2, 0) is 9.84 Å². The summed E-state index contributed by atoms with van der Waals surface area (Å²) < 4.78 is 24.5. The van der Waals surface area contributed by atoms with Gasteiger partial charge in [0.25, 0.3) is 0 Å². The summed E-state index contributed by atoms with van der Waals surface area (Å²) in [6.07, 6.45) is 0. The first-order valence-electron chi connectivity index (χ1n) is 6.32. The van der Waals surface area contributed by atoms with Gasteiger partial charge in [-0.1, -0.05) is 29.8 Å². The van der Waals surface area contributed by atoms with Crippen molar-refractivity contribution in [2.24, 2.45) is 0 Å². The summed E-state index contributed by atoms with van der Waals surface area (Å²) in [4.78, 5) is 2.29. The Labute approximate surface area is 120 Å². The number of aryl methyl sites for hydroxylation is 1. The molecule has 0 N–H and O–H groups in total. The molecule has 2 aromatic rings. The first-order chi connectivity index (χ1) is 9.38. The molecule has 0 bridgehead atoms. The molecule has 2 aromatic carbocycles. The monoisotopic (exact) mass is 288 g/mol. The Hall–Kier alpha value is -1.81. The average molecular weight is 288 g/mol. The van der Waals surface area contributed by atoms with Gasteiger partial charge in [0, 0.05) is 19.8 Å². The standard InChI is InChI=1S/C16H18NO2S/c1-13-4-10-16(11-5-13)20(18,19)12-14-6-8-15(9-7-14)17(2)3/h4-12H,1-3H3. The van der Waals surface area contributed by atoms with Crippen LogP contribution in [0.25, 0.3) is 0 Å². The summed E-state index contributed by atoms with van der Waals surface area (Å²) in [6.45, 7) is 1.93. The maximum absolute atomic E-state index is 12.3. The zero-order valence-electron chi connectivity index (χ0n) is 11.9. The van der Waals surface area contributed by atoms with E-state index in [-0.39, 0.29) is 0 Å². The van der Waals surface area contributed by atoms with Crippen LogP contribution in [0.4, 0.5) is 5.69 Å². The zero-order valence-corrected chi connectivity index (χ0v) is 12.7. The second-order valence-corrected chi connectivity index (χ2v) is 6.76. The van der Waals surface area contributed by atoms with E-state index in [1.165, 1.54) is 5.75 Å². The fourth-order valence-corrected chi connectivity index (χ4v) is 2.99. The lowest BCUT2D eigenvalue weighted by Gasteiger charge is -2.12. The quantitative estimate of drug-likeness (QED) is 0.868. The molecule has 3 nitrogen and oxygen atoms in total. The van der Waals surface area contributed by atoms with Gasteiger partial charge in [-0.3, -0.25) is 0 Å². The van der Waals surface area contributed by atoms with Gasteiger partial charge < -0.3 is 4.90 Å². The summed E-state index contributed by atoms with van der Waals surface area (Å²) >= 11 is 0. The Balaban J connectivity index is 2.22. The third-order valence-electron chi connectivity index (χ3n) is 3.05. The van der Waals surface area contributed by atoms with Gasteiger partial charge in [-0.15, -0.1) is 0 Å². The second kappa shape index (κ2) is 5.67. The van der Waals surface area contributed by atoms with Crippen LogP contribution in [0.15, 0.2) is 53.4 Å². The van der Waals surface area contributed by atoms with E-state index < -0.39 is 9.84 Å². The predicted octanol–water partition coefficient (Wildman–Crippen LogP) is 3.04. The average Bonchev–Trinajstić information content (AvgIpc) is 2.39. The Morgan fingerprint density at radius 3 is 1.95 bits per heavy atom. The van der Waals surface area contributed by atoms with Crippen LogP contribution in [0.1, 0.15) is 11.1 Å². The highest BCUT2D eigenvalue weighted by Crippen LogP contribution is 2.20. The largest absolute Gasteiger partial charge is 0.378 e. The number of rotatable bonds is 4. The fraction of sp³-hybridized carbons (Fsp3) is 0.188. The van der Waals surface area contributed by atoms with E-state index in [9.17, 15) is 8.42 Å². The van der Waals surface area contributed by atoms with E-state index >= 15 is 0 Å². The maximum atomic E-state index is 12.3. The smallest absolute Gasteiger partial charge is 0.187 e. The summed E-state index contributed by atoms with van der Waals surface area (Å²) in [5, 5.41) is 0. The highest BCUT2D eigenvalue weighted by atomic mass is 32.2. The lowest BCUT2D eigenvalue weighted by molar-refractivity contribution is 0.602. The van der Waals surface area contributed by atoms with Crippen LogP contribution >= 0.6 is 0 Å². The van der Waals surface area contributed by atoms with E-state index in [4.69, 9.17) is 0 Å². The van der Waals surface area contributed by atoms with Crippen molar-refractivity contribution >= 4 is 15.5 Å². The summed E-state index contributed by atoms with van der Waals surface area (Å²) in [7, 11) is 0.491. The molecule has 1 radical (unpaired) electrons. The van der Waals surface area contributed by atoms with E-state index in [0.29, 0.717) is 10.5 Å². The van der Waals surface area contributed by atoms with E-state index in [0.717, 1.165) is 11.3 Å². The van der Waals surface area contributed by atoms with Crippen molar-refractivity contribution in [1.82, 2.24) is 0 Å². The van der Waals surface area contributed by atoms with Gasteiger partial charge in [-0.25, -0.2) is 8.42 Å². The number of hydrogen-bond donors (Lipinski definition) is 0. The number of sulfone groups is 1. The Bertz CT molecular complexity index is 671. The first-order valence-corrected chi connectivity index (χ1v) is 7.87. The van der Waals surface area contributed by atoms with Crippen LogP contribution < -0.4 is 4.90 Å². The Morgan fingerprint density at radius 1 is 0.900 bits per heavy atom. The highest BCUT2D eigenvalue weighted by molar-refractivity contribution is 7.93. The number of hydrogen-bond acceptors (Lipinski definition) is 3. The van der Waals surface area contributed by atoms with Crippen molar-refractivity contribution < 1.29 is 8.42 Å². The van der Waals surface area contributed by atoms with Crippen LogP contribution in [0, 0.1) is 12.7 Å². The van der Waals surface area contributed by atoms with Gasteiger partial charge in [0.15, 0.2) is 9.84 Å². The molecule has 0 unspecified atom stereocenters. The predicted molar refractivity (Wildman–Crippen MR) is 82.5 cm³/mol. The topological polar surface area (TPSA) is 37.4 Å². The minimum atomic E-state index is -3.40. The third kappa shape index (κ3) is 3.39. The van der Waals surface area contributed by atoms with Crippen molar-refractivity contribution in [3.63, 3.8) is 0 Å². The highest BCUT2D eigenvalue weighted by Gasteiger charge is 2.15. The fourth-order valence-electron chi connectivity index (χ4n) is 1.83. The summed E-state index contributed by atoms with van der Waals surface area (Å²) in [6, 6.07) is 14.3. The Morgan fingerprint density at radius 2 is 1.45 bits per heavy atom. The SMILES string of the molecule is Cc1ccc(S(=O)(=O)[CH]c2ccc(N(C)C)cc2)cc1. The van der Waals surface area contributed by atoms with Crippen LogP contribution in [0.2, 0.25) is 0 Å². The molecule has 0 aromatic heterocycles. The maximum Gasteiger partial charge on any atom is 0.187 e. The van der Waals surface area contributed by atoms with Gasteiger partial charge in [0.05, 0.1) is 4.90 Å². The molecule has 0 aliphatic heterocycles. The normalized spacial score (nSPS) is 11.3. The molecule has 4 heteroatoms. The van der Waals surface area contributed by atoms with Gasteiger partial charge in [0.2, 0.25) is 0 Å². The summed E-state index contributed by atoms with van der Waals surface area (Å²) in [5.41, 5.74) is 2.75. The van der Waals surface area contributed by atoms with Crippen LogP contribution in [0.3, 0.4) is 0 Å². The molecule has 0 spiro atoms. The van der Waals surface area contributed by atoms with E-state index in [1.54, 1.807) is 36.4 Å². The van der Waals surface area contributed by atoms with Crippen molar-refractivity contribution in [3.8, 4) is 0 Å². The number of nitrogens with zero attached hydrogens (tertiary/aromatic N) is 1. The van der Waals surface area contributed by atoms with Crippen molar-refractivity contribution in [2.45, 2.75) is 11.8 Å². The van der Waals surface area contributed by atoms with Gasteiger partial charge >= 0.3 is 0 Å². The molecule has 0 aliphatic rings. The molecule has 105 valence electrons. The molecule has 0 fully saturated rings. The molecule has 0 saturated heterocycles. The molecule has 0 aliphatic carbocycles. The summed E-state index contributed by atoms with van der Waals surface area (Å²) in [5.74, 6) is 1.30. The molecule has 0 saturated carbocycles. The lowest BCUT2D eigenvalue weighted by atomic mass is 10.2.